The second-order valence-electron chi connectivity index (χ2n) is 4.99. The van der Waals surface area contributed by atoms with Gasteiger partial charge >= 0.3 is 5.97 Å². The van der Waals surface area contributed by atoms with Gasteiger partial charge in [0, 0.05) is 12.5 Å². The Morgan fingerprint density at radius 2 is 2.04 bits per heavy atom. The SMILES string of the molecule is CC(=O)NC1C(=O)N2C(C(=O)OCC(Cl)(Cl)Cl)=C(C)C(=C=O)S[C@H]12. The van der Waals surface area contributed by atoms with Crippen molar-refractivity contribution in [1.29, 1.82) is 0 Å². The van der Waals surface area contributed by atoms with Crippen LogP contribution in [0.15, 0.2) is 16.2 Å². The van der Waals surface area contributed by atoms with Crippen molar-refractivity contribution in [3.05, 3.63) is 16.2 Å². The molecule has 2 rings (SSSR count). The highest BCUT2D eigenvalue weighted by Gasteiger charge is 2.55. The summed E-state index contributed by atoms with van der Waals surface area (Å²) in [5, 5.41) is 1.83. The molecule has 0 radical (unpaired) electrons. The number of amides is 2. The maximum absolute atomic E-state index is 12.3. The van der Waals surface area contributed by atoms with Crippen molar-refractivity contribution in [1.82, 2.24) is 10.2 Å². The van der Waals surface area contributed by atoms with E-state index in [4.69, 9.17) is 39.5 Å². The Balaban J connectivity index is 2.31. The van der Waals surface area contributed by atoms with Crippen molar-refractivity contribution >= 4 is 70.3 Å². The van der Waals surface area contributed by atoms with Gasteiger partial charge in [0.15, 0.2) is 0 Å². The molecule has 2 amide bonds. The summed E-state index contributed by atoms with van der Waals surface area (Å²) < 4.78 is 3.09. The lowest BCUT2D eigenvalue weighted by Crippen LogP contribution is -2.70. The average Bonchev–Trinajstić information content (AvgIpc) is 2.49. The minimum absolute atomic E-state index is 0.127. The number of fused-ring (bicyclic) bond motifs is 1. The lowest BCUT2D eigenvalue weighted by Gasteiger charge is -2.49. The Hall–Kier alpha value is -1.18. The Morgan fingerprint density at radius 1 is 1.42 bits per heavy atom. The van der Waals surface area contributed by atoms with Crippen LogP contribution < -0.4 is 5.32 Å². The van der Waals surface area contributed by atoms with Gasteiger partial charge in [-0.1, -0.05) is 46.6 Å². The molecule has 0 aliphatic carbocycles. The van der Waals surface area contributed by atoms with Crippen LogP contribution in [0.3, 0.4) is 0 Å². The van der Waals surface area contributed by atoms with E-state index in [1.165, 1.54) is 13.8 Å². The first kappa shape index (κ1) is 19.1. The van der Waals surface area contributed by atoms with Gasteiger partial charge in [-0.25, -0.2) is 9.59 Å². The molecule has 0 aromatic rings. The fourth-order valence-corrected chi connectivity index (χ4v) is 3.60. The topological polar surface area (TPSA) is 92.8 Å². The van der Waals surface area contributed by atoms with Gasteiger partial charge in [0.25, 0.3) is 5.91 Å². The first-order valence-electron chi connectivity index (χ1n) is 6.54. The van der Waals surface area contributed by atoms with E-state index < -0.39 is 39.6 Å². The Bertz CT molecular complexity index is 696. The van der Waals surface area contributed by atoms with E-state index in [1.807, 2.05) is 0 Å². The summed E-state index contributed by atoms with van der Waals surface area (Å²) in [5.41, 5.74) is 0.105. The van der Waals surface area contributed by atoms with E-state index in [0.29, 0.717) is 0 Å². The third-order valence-electron chi connectivity index (χ3n) is 3.23. The van der Waals surface area contributed by atoms with Crippen LogP contribution in [0, 0.1) is 0 Å². The lowest BCUT2D eigenvalue weighted by molar-refractivity contribution is -0.152. The number of alkyl halides is 3. The first-order chi connectivity index (χ1) is 11.1. The Kier molecular flexibility index (Phi) is 5.57. The summed E-state index contributed by atoms with van der Waals surface area (Å²) in [7, 11) is 0. The highest BCUT2D eigenvalue weighted by molar-refractivity contribution is 8.04. The maximum atomic E-state index is 12.3. The van der Waals surface area contributed by atoms with Gasteiger partial charge in [-0.2, -0.15) is 0 Å². The number of hydrogen-bond acceptors (Lipinski definition) is 6. The minimum Gasteiger partial charge on any atom is -0.456 e. The second-order valence-corrected chi connectivity index (χ2v) is 8.63. The van der Waals surface area contributed by atoms with Gasteiger partial charge in [-0.05, 0) is 6.92 Å². The fourth-order valence-electron chi connectivity index (χ4n) is 2.24. The van der Waals surface area contributed by atoms with E-state index in [0.717, 1.165) is 16.7 Å². The molecule has 0 bridgehead atoms. The van der Waals surface area contributed by atoms with Gasteiger partial charge in [0.1, 0.15) is 29.7 Å². The van der Waals surface area contributed by atoms with Crippen LogP contribution in [0.5, 0.6) is 0 Å². The molecule has 11 heteroatoms. The molecule has 2 heterocycles. The largest absolute Gasteiger partial charge is 0.456 e. The molecule has 1 fully saturated rings. The van der Waals surface area contributed by atoms with Crippen LogP contribution in [0.25, 0.3) is 0 Å². The van der Waals surface area contributed by atoms with E-state index in [1.54, 1.807) is 5.94 Å². The maximum Gasteiger partial charge on any atom is 0.355 e. The number of allylic oxidation sites excluding steroid dienone is 1. The molecule has 0 spiro atoms. The van der Waals surface area contributed by atoms with Gasteiger partial charge in [0.2, 0.25) is 9.70 Å². The van der Waals surface area contributed by atoms with Crippen LogP contribution in [-0.2, 0) is 23.9 Å². The van der Waals surface area contributed by atoms with E-state index in [-0.39, 0.29) is 16.2 Å². The zero-order valence-corrected chi connectivity index (χ0v) is 15.5. The molecule has 1 unspecified atom stereocenters. The molecule has 130 valence electrons. The molecular formula is C13H11Cl3N2O5S. The van der Waals surface area contributed by atoms with Crippen molar-refractivity contribution in [3.8, 4) is 0 Å². The predicted molar refractivity (Wildman–Crippen MR) is 89.0 cm³/mol. The molecule has 0 aromatic carbocycles. The molecule has 1 saturated heterocycles. The van der Waals surface area contributed by atoms with Gasteiger partial charge < -0.3 is 10.1 Å². The molecule has 2 aliphatic heterocycles. The highest BCUT2D eigenvalue weighted by Crippen LogP contribution is 2.45. The molecule has 0 aromatic heterocycles. The normalized spacial score (nSPS) is 23.3. The predicted octanol–water partition coefficient (Wildman–Crippen LogP) is 1.31. The smallest absolute Gasteiger partial charge is 0.355 e. The molecular weight excluding hydrogens is 403 g/mol. The zero-order valence-electron chi connectivity index (χ0n) is 12.4. The van der Waals surface area contributed by atoms with Crippen LogP contribution in [0.1, 0.15) is 13.8 Å². The third-order valence-corrected chi connectivity index (χ3v) is 4.91. The zero-order chi connectivity index (χ0) is 18.2. The van der Waals surface area contributed by atoms with Gasteiger partial charge in [-0.15, -0.1) is 0 Å². The number of hydrogen-bond donors (Lipinski definition) is 1. The van der Waals surface area contributed by atoms with Crippen LogP contribution in [0.2, 0.25) is 0 Å². The number of thioether (sulfide) groups is 1. The van der Waals surface area contributed by atoms with Crippen LogP contribution in [-0.4, -0.2) is 50.4 Å². The summed E-state index contributed by atoms with van der Waals surface area (Å²) in [6.45, 7) is 2.22. The van der Waals surface area contributed by atoms with Crippen molar-refractivity contribution in [2.24, 2.45) is 0 Å². The average molecular weight is 414 g/mol. The van der Waals surface area contributed by atoms with Crippen molar-refractivity contribution in [2.45, 2.75) is 29.1 Å². The molecule has 0 saturated carbocycles. The van der Waals surface area contributed by atoms with E-state index >= 15 is 0 Å². The molecule has 7 nitrogen and oxygen atoms in total. The monoisotopic (exact) mass is 412 g/mol. The molecule has 2 atom stereocenters. The Morgan fingerprint density at radius 3 is 2.54 bits per heavy atom. The standard InChI is InChI=1S/C13H11Cl3N2O5S/c1-5-7(3-19)24-11-8(17-6(2)20)10(21)18(11)9(5)12(22)23-4-13(14,15)16/h8,11H,4H2,1-2H3,(H,17,20)/t8?,11-/m1/s1. The van der Waals surface area contributed by atoms with Gasteiger partial charge in [-0.3, -0.25) is 14.5 Å². The number of ether oxygens (including phenoxy) is 1. The van der Waals surface area contributed by atoms with Crippen molar-refractivity contribution < 1.29 is 23.9 Å². The molecule has 1 N–H and O–H groups in total. The molecule has 2 aliphatic rings. The van der Waals surface area contributed by atoms with Crippen molar-refractivity contribution in [3.63, 3.8) is 0 Å². The van der Waals surface area contributed by atoms with Gasteiger partial charge in [0.05, 0.1) is 4.91 Å². The number of carbonyl (C=O) groups excluding carboxylic acids is 4. The van der Waals surface area contributed by atoms with Crippen LogP contribution >= 0.6 is 46.6 Å². The summed E-state index contributed by atoms with van der Waals surface area (Å²) in [4.78, 5) is 48.1. The number of β-lactam (4-membered cyclic amide) rings is 1. The third kappa shape index (κ3) is 3.73. The lowest BCUT2D eigenvalue weighted by atomic mass is 10.0. The second kappa shape index (κ2) is 6.98. The summed E-state index contributed by atoms with van der Waals surface area (Å²) in [6, 6.07) is -0.847. The fraction of sp³-hybridized carbons (Fsp3) is 0.462. The van der Waals surface area contributed by atoms with Crippen molar-refractivity contribution in [2.75, 3.05) is 6.61 Å². The van der Waals surface area contributed by atoms with E-state index in [9.17, 15) is 19.2 Å². The summed E-state index contributed by atoms with van der Waals surface area (Å²) in [6.07, 6.45) is 0. The number of rotatable bonds is 3. The van der Waals surface area contributed by atoms with E-state index in [2.05, 4.69) is 5.32 Å². The first-order valence-corrected chi connectivity index (χ1v) is 8.55. The highest BCUT2D eigenvalue weighted by atomic mass is 35.6. The number of esters is 1. The summed E-state index contributed by atoms with van der Waals surface area (Å²) >= 11 is 17.6. The number of carbonyl (C=O) groups is 3. The summed E-state index contributed by atoms with van der Waals surface area (Å²) in [5.74, 6) is -0.0895. The number of nitrogens with one attached hydrogen (secondary N) is 1. The Labute approximate surface area is 156 Å². The van der Waals surface area contributed by atoms with Crippen LogP contribution in [0.4, 0.5) is 0 Å². The number of halogens is 3. The minimum atomic E-state index is -1.81. The quantitative estimate of drug-likeness (QED) is 0.324. The molecule has 24 heavy (non-hydrogen) atoms. The number of nitrogens with zero attached hydrogens (tertiary/aromatic N) is 1.